The summed E-state index contributed by atoms with van der Waals surface area (Å²) in [6.07, 6.45) is -0.112. The van der Waals surface area contributed by atoms with Crippen LogP contribution >= 0.6 is 11.6 Å². The minimum Gasteiger partial charge on any atom is -0.504 e. The van der Waals surface area contributed by atoms with E-state index in [0.717, 1.165) is 0 Å². The van der Waals surface area contributed by atoms with E-state index in [2.05, 4.69) is 0 Å². The van der Waals surface area contributed by atoms with Gasteiger partial charge in [-0.25, -0.2) is 0 Å². The van der Waals surface area contributed by atoms with Crippen molar-refractivity contribution in [3.63, 3.8) is 0 Å². The summed E-state index contributed by atoms with van der Waals surface area (Å²) in [7, 11) is 0. The third-order valence-corrected chi connectivity index (χ3v) is 2.54. The molecule has 1 rings (SSSR count). The van der Waals surface area contributed by atoms with Crippen molar-refractivity contribution in [2.24, 2.45) is 5.73 Å². The van der Waals surface area contributed by atoms with Crippen LogP contribution in [0.4, 0.5) is 0 Å². The number of rotatable bonds is 3. The molecular weight excluding hydrogens is 234 g/mol. The summed E-state index contributed by atoms with van der Waals surface area (Å²) in [6.45, 7) is 1.32. The van der Waals surface area contributed by atoms with Gasteiger partial charge in [-0.3, -0.25) is 4.79 Å². The molecule has 1 aromatic carbocycles. The number of aromatic hydroxyl groups is 2. The zero-order valence-corrected chi connectivity index (χ0v) is 9.32. The maximum atomic E-state index is 10.8. The van der Waals surface area contributed by atoms with E-state index < -0.39 is 23.0 Å². The fourth-order valence-corrected chi connectivity index (χ4v) is 1.36. The molecule has 0 radical (unpaired) electrons. The maximum absolute atomic E-state index is 10.8. The van der Waals surface area contributed by atoms with Crippen LogP contribution in [0.1, 0.15) is 12.5 Å². The molecule has 6 heteroatoms. The van der Waals surface area contributed by atoms with Crippen molar-refractivity contribution >= 4 is 17.6 Å². The molecule has 0 saturated carbocycles. The van der Waals surface area contributed by atoms with Gasteiger partial charge in [-0.15, -0.1) is 0 Å². The first-order chi connectivity index (χ1) is 7.25. The molecule has 0 aliphatic carbocycles. The van der Waals surface area contributed by atoms with E-state index >= 15 is 0 Å². The van der Waals surface area contributed by atoms with Crippen LogP contribution in [-0.4, -0.2) is 26.8 Å². The highest BCUT2D eigenvalue weighted by Gasteiger charge is 2.29. The highest BCUT2D eigenvalue weighted by atomic mass is 35.5. The summed E-state index contributed by atoms with van der Waals surface area (Å²) < 4.78 is 0. The lowest BCUT2D eigenvalue weighted by Gasteiger charge is -2.20. The van der Waals surface area contributed by atoms with Crippen molar-refractivity contribution in [3.05, 3.63) is 22.7 Å². The van der Waals surface area contributed by atoms with Gasteiger partial charge in [0.1, 0.15) is 5.54 Å². The first-order valence-electron chi connectivity index (χ1n) is 4.47. The molecule has 0 aliphatic heterocycles. The molecule has 88 valence electrons. The largest absolute Gasteiger partial charge is 0.504 e. The van der Waals surface area contributed by atoms with Gasteiger partial charge in [-0.2, -0.15) is 0 Å². The third-order valence-electron chi connectivity index (χ3n) is 2.23. The zero-order chi connectivity index (χ0) is 12.5. The minimum absolute atomic E-state index is 0.00435. The van der Waals surface area contributed by atoms with Gasteiger partial charge in [-0.1, -0.05) is 17.7 Å². The molecule has 1 aromatic rings. The van der Waals surface area contributed by atoms with Crippen LogP contribution in [0.5, 0.6) is 11.5 Å². The molecule has 0 saturated heterocycles. The van der Waals surface area contributed by atoms with E-state index in [-0.39, 0.29) is 17.0 Å². The summed E-state index contributed by atoms with van der Waals surface area (Å²) in [6, 6.07) is 2.79. The topological polar surface area (TPSA) is 104 Å². The molecule has 5 nitrogen and oxygen atoms in total. The predicted molar refractivity (Wildman–Crippen MR) is 58.7 cm³/mol. The second-order valence-electron chi connectivity index (χ2n) is 3.80. The SMILES string of the molecule is C[C@](N)(Cc1ccc(Cl)c(O)c1O)C(=O)O. The van der Waals surface area contributed by atoms with Gasteiger partial charge in [-0.05, 0) is 13.0 Å². The lowest BCUT2D eigenvalue weighted by Crippen LogP contribution is -2.46. The molecule has 5 N–H and O–H groups in total. The Bertz CT molecular complexity index is 431. The molecule has 0 spiro atoms. The number of carbonyl (C=O) groups is 1. The molecule has 0 unspecified atom stereocenters. The number of carboxylic acids is 1. The average Bonchev–Trinajstić information content (AvgIpc) is 2.19. The van der Waals surface area contributed by atoms with Gasteiger partial charge >= 0.3 is 5.97 Å². The van der Waals surface area contributed by atoms with Crippen molar-refractivity contribution in [2.75, 3.05) is 0 Å². The van der Waals surface area contributed by atoms with Crippen molar-refractivity contribution in [2.45, 2.75) is 18.9 Å². The van der Waals surface area contributed by atoms with Crippen molar-refractivity contribution in [1.82, 2.24) is 0 Å². The smallest absolute Gasteiger partial charge is 0.323 e. The zero-order valence-electron chi connectivity index (χ0n) is 8.57. The van der Waals surface area contributed by atoms with Crippen LogP contribution in [0.25, 0.3) is 0 Å². The number of benzene rings is 1. The molecule has 0 aliphatic rings. The van der Waals surface area contributed by atoms with Crippen LogP contribution in [0.3, 0.4) is 0 Å². The van der Waals surface area contributed by atoms with E-state index in [1.54, 1.807) is 0 Å². The first kappa shape index (κ1) is 12.6. The van der Waals surface area contributed by atoms with E-state index in [0.29, 0.717) is 0 Å². The molecule has 0 heterocycles. The number of phenols is 2. The molecule has 0 fully saturated rings. The molecule has 0 bridgehead atoms. The van der Waals surface area contributed by atoms with E-state index in [1.165, 1.54) is 19.1 Å². The first-order valence-corrected chi connectivity index (χ1v) is 4.85. The number of hydrogen-bond acceptors (Lipinski definition) is 4. The normalized spacial score (nSPS) is 14.4. The lowest BCUT2D eigenvalue weighted by molar-refractivity contribution is -0.142. The quantitative estimate of drug-likeness (QED) is 0.597. The van der Waals surface area contributed by atoms with Crippen LogP contribution in [0.2, 0.25) is 5.02 Å². The predicted octanol–water partition coefficient (Wildman–Crippen LogP) is 1.10. The van der Waals surface area contributed by atoms with E-state index in [1.807, 2.05) is 0 Å². The van der Waals surface area contributed by atoms with E-state index in [9.17, 15) is 15.0 Å². The van der Waals surface area contributed by atoms with E-state index in [4.69, 9.17) is 22.4 Å². The van der Waals surface area contributed by atoms with Crippen LogP contribution in [0.15, 0.2) is 12.1 Å². The molecule has 16 heavy (non-hydrogen) atoms. The summed E-state index contributed by atoms with van der Waals surface area (Å²) in [5.41, 5.74) is 4.24. The summed E-state index contributed by atoms with van der Waals surface area (Å²) in [4.78, 5) is 10.8. The van der Waals surface area contributed by atoms with Crippen molar-refractivity contribution in [1.29, 1.82) is 0 Å². The van der Waals surface area contributed by atoms with Crippen molar-refractivity contribution < 1.29 is 20.1 Å². The van der Waals surface area contributed by atoms with Gasteiger partial charge in [0.2, 0.25) is 0 Å². The van der Waals surface area contributed by atoms with Gasteiger partial charge in [0.25, 0.3) is 0 Å². The molecule has 0 amide bonds. The summed E-state index contributed by atoms with van der Waals surface area (Å²) in [5, 5.41) is 27.7. The number of phenolic OH excluding ortho intramolecular Hbond substituents is 2. The Morgan fingerprint density at radius 3 is 2.50 bits per heavy atom. The molecule has 1 atom stereocenters. The number of carboxylic acid groups (broad SMARTS) is 1. The van der Waals surface area contributed by atoms with Gasteiger partial charge in [0.05, 0.1) is 5.02 Å². The van der Waals surface area contributed by atoms with Crippen LogP contribution < -0.4 is 5.73 Å². The average molecular weight is 246 g/mol. The monoisotopic (exact) mass is 245 g/mol. The van der Waals surface area contributed by atoms with Crippen LogP contribution in [-0.2, 0) is 11.2 Å². The fraction of sp³-hybridized carbons (Fsp3) is 0.300. The number of halogens is 1. The lowest BCUT2D eigenvalue weighted by atomic mass is 9.93. The Morgan fingerprint density at radius 2 is 2.00 bits per heavy atom. The Labute approximate surface area is 97.1 Å². The fourth-order valence-electron chi connectivity index (χ4n) is 1.21. The van der Waals surface area contributed by atoms with Gasteiger partial charge in [0.15, 0.2) is 11.5 Å². The summed E-state index contributed by atoms with van der Waals surface area (Å²) in [5.74, 6) is -2.10. The van der Waals surface area contributed by atoms with Crippen LogP contribution in [0, 0.1) is 0 Å². The highest BCUT2D eigenvalue weighted by Crippen LogP contribution is 2.36. The molecular formula is C10H12ClNO4. The van der Waals surface area contributed by atoms with Gasteiger partial charge < -0.3 is 21.1 Å². The molecule has 0 aromatic heterocycles. The second kappa shape index (κ2) is 4.19. The van der Waals surface area contributed by atoms with Gasteiger partial charge in [0, 0.05) is 12.0 Å². The standard InChI is InChI=1S/C10H12ClNO4/c1-10(12,9(15)16)4-5-2-3-6(11)8(14)7(5)13/h2-3,13-14H,4,12H2,1H3,(H,15,16)/t10-/m0/s1. The minimum atomic E-state index is -1.52. The van der Waals surface area contributed by atoms with Crippen molar-refractivity contribution in [3.8, 4) is 11.5 Å². The Balaban J connectivity index is 3.08. The third kappa shape index (κ3) is 2.37. The highest BCUT2D eigenvalue weighted by molar-refractivity contribution is 6.32. The second-order valence-corrected chi connectivity index (χ2v) is 4.21. The Kier molecular flexibility index (Phi) is 3.30. The number of aliphatic carboxylic acids is 1. The summed E-state index contributed by atoms with van der Waals surface area (Å²) >= 11 is 5.56. The Hall–Kier alpha value is -1.46. The number of hydrogen-bond donors (Lipinski definition) is 4. The maximum Gasteiger partial charge on any atom is 0.323 e. The number of nitrogens with two attached hydrogens (primary N) is 1. The Morgan fingerprint density at radius 1 is 1.44 bits per heavy atom.